The highest BCUT2D eigenvalue weighted by Crippen LogP contribution is 2.45. The molecule has 0 spiro atoms. The lowest BCUT2D eigenvalue weighted by atomic mass is 9.87. The van der Waals surface area contributed by atoms with Gasteiger partial charge in [0.1, 0.15) is 5.41 Å². The van der Waals surface area contributed by atoms with E-state index in [1.807, 2.05) is 0 Å². The number of carbonyl (C=O) groups is 1. The zero-order valence-corrected chi connectivity index (χ0v) is 9.93. The molecule has 1 rings (SSSR count). The van der Waals surface area contributed by atoms with Crippen molar-refractivity contribution in [2.24, 2.45) is 5.41 Å². The lowest BCUT2D eigenvalue weighted by molar-refractivity contribution is -0.232. The van der Waals surface area contributed by atoms with Crippen LogP contribution in [0.15, 0.2) is 0 Å². The molecule has 0 bridgehead atoms. The van der Waals surface area contributed by atoms with Crippen molar-refractivity contribution in [1.82, 2.24) is 10.2 Å². The number of rotatable bonds is 4. The lowest BCUT2D eigenvalue weighted by Gasteiger charge is -2.30. The number of nitrogens with zero attached hydrogens (tertiary/aromatic N) is 1. The highest BCUT2D eigenvalue weighted by Gasteiger charge is 2.58. The van der Waals surface area contributed by atoms with Crippen LogP contribution in [0.25, 0.3) is 0 Å². The molecular formula is C10H17F3N2O2. The minimum absolute atomic E-state index is 0.0565. The van der Waals surface area contributed by atoms with Crippen LogP contribution in [0, 0.1) is 5.41 Å². The summed E-state index contributed by atoms with van der Waals surface area (Å²) in [6.45, 7) is -0.533. The van der Waals surface area contributed by atoms with Gasteiger partial charge in [0.15, 0.2) is 0 Å². The summed E-state index contributed by atoms with van der Waals surface area (Å²) >= 11 is 0. The van der Waals surface area contributed by atoms with E-state index in [9.17, 15) is 18.0 Å². The van der Waals surface area contributed by atoms with E-state index < -0.39 is 18.2 Å². The minimum Gasteiger partial charge on any atom is -0.384 e. The lowest BCUT2D eigenvalue weighted by Crippen LogP contribution is -2.46. The van der Waals surface area contributed by atoms with Crippen LogP contribution in [0.5, 0.6) is 0 Å². The van der Waals surface area contributed by atoms with E-state index in [1.54, 1.807) is 7.05 Å². The molecule has 1 atom stereocenters. The predicted molar refractivity (Wildman–Crippen MR) is 55.5 cm³/mol. The Morgan fingerprint density at radius 1 is 1.53 bits per heavy atom. The molecular weight excluding hydrogens is 237 g/mol. The van der Waals surface area contributed by atoms with Gasteiger partial charge in [0.05, 0.1) is 13.2 Å². The first kappa shape index (κ1) is 14.2. The SMILES string of the molecule is CNCC(=O)N1CCC(COC)(C(F)(F)F)C1. The van der Waals surface area contributed by atoms with Crippen molar-refractivity contribution in [3.63, 3.8) is 0 Å². The second kappa shape index (κ2) is 5.22. The van der Waals surface area contributed by atoms with E-state index in [4.69, 9.17) is 0 Å². The summed E-state index contributed by atoms with van der Waals surface area (Å²) in [4.78, 5) is 12.8. The number of halogens is 3. The van der Waals surface area contributed by atoms with E-state index in [2.05, 4.69) is 10.1 Å². The van der Waals surface area contributed by atoms with Crippen molar-refractivity contribution in [2.45, 2.75) is 12.6 Å². The van der Waals surface area contributed by atoms with E-state index in [0.717, 1.165) is 0 Å². The van der Waals surface area contributed by atoms with Crippen molar-refractivity contribution in [1.29, 1.82) is 0 Å². The Morgan fingerprint density at radius 3 is 2.65 bits per heavy atom. The molecule has 0 aromatic heterocycles. The fourth-order valence-electron chi connectivity index (χ4n) is 2.06. The summed E-state index contributed by atoms with van der Waals surface area (Å²) in [5.74, 6) is -0.310. The number of methoxy groups -OCH3 is 1. The number of hydrogen-bond acceptors (Lipinski definition) is 3. The Kier molecular flexibility index (Phi) is 4.37. The van der Waals surface area contributed by atoms with Crippen LogP contribution in [-0.4, -0.2) is 57.4 Å². The van der Waals surface area contributed by atoms with E-state index in [-0.39, 0.29) is 32.0 Å². The molecule has 0 aromatic carbocycles. The molecule has 7 heteroatoms. The standard InChI is InChI=1S/C10H17F3N2O2/c1-14-5-8(16)15-4-3-9(6-15,7-17-2)10(11,12)13/h14H,3-7H2,1-2H3. The van der Waals surface area contributed by atoms with E-state index in [1.165, 1.54) is 12.0 Å². The van der Waals surface area contributed by atoms with Gasteiger partial charge in [-0.15, -0.1) is 0 Å². The van der Waals surface area contributed by atoms with Gasteiger partial charge in [-0.2, -0.15) is 13.2 Å². The first-order chi connectivity index (χ1) is 7.86. The van der Waals surface area contributed by atoms with Crippen molar-refractivity contribution in [2.75, 3.05) is 40.4 Å². The first-order valence-electron chi connectivity index (χ1n) is 5.34. The number of alkyl halides is 3. The molecule has 0 aliphatic carbocycles. The molecule has 1 fully saturated rings. The van der Waals surface area contributed by atoms with Gasteiger partial charge in [0.2, 0.25) is 5.91 Å². The van der Waals surface area contributed by atoms with Crippen LogP contribution in [0.1, 0.15) is 6.42 Å². The highest BCUT2D eigenvalue weighted by atomic mass is 19.4. The summed E-state index contributed by atoms with van der Waals surface area (Å²) in [6.07, 6.45) is -4.45. The zero-order valence-electron chi connectivity index (χ0n) is 9.93. The van der Waals surface area contributed by atoms with Crippen LogP contribution in [0.3, 0.4) is 0 Å². The van der Waals surface area contributed by atoms with Crippen LogP contribution in [-0.2, 0) is 9.53 Å². The van der Waals surface area contributed by atoms with Gasteiger partial charge in [0.25, 0.3) is 0 Å². The Labute approximate surface area is 98.1 Å². The molecule has 100 valence electrons. The quantitative estimate of drug-likeness (QED) is 0.800. The average Bonchev–Trinajstić information content (AvgIpc) is 2.63. The largest absolute Gasteiger partial charge is 0.398 e. The maximum Gasteiger partial charge on any atom is 0.398 e. The van der Waals surface area contributed by atoms with Crippen molar-refractivity contribution >= 4 is 5.91 Å². The number of carbonyl (C=O) groups excluding carboxylic acids is 1. The fourth-order valence-corrected chi connectivity index (χ4v) is 2.06. The molecule has 0 radical (unpaired) electrons. The molecule has 4 nitrogen and oxygen atoms in total. The van der Waals surface area contributed by atoms with Gasteiger partial charge in [-0.3, -0.25) is 4.79 Å². The molecule has 0 saturated carbocycles. The van der Waals surface area contributed by atoms with Gasteiger partial charge in [-0.25, -0.2) is 0 Å². The topological polar surface area (TPSA) is 41.6 Å². The summed E-state index contributed by atoms with van der Waals surface area (Å²) in [6, 6.07) is 0. The molecule has 1 amide bonds. The van der Waals surface area contributed by atoms with Gasteiger partial charge >= 0.3 is 6.18 Å². The Morgan fingerprint density at radius 2 is 2.18 bits per heavy atom. The molecule has 17 heavy (non-hydrogen) atoms. The predicted octanol–water partition coefficient (Wildman–Crippen LogP) is 0.633. The van der Waals surface area contributed by atoms with Gasteiger partial charge in [0, 0.05) is 20.2 Å². The minimum atomic E-state index is -4.35. The van der Waals surface area contributed by atoms with Gasteiger partial charge < -0.3 is 15.0 Å². The molecule has 0 aromatic rings. The highest BCUT2D eigenvalue weighted by molar-refractivity contribution is 5.78. The molecule has 1 saturated heterocycles. The number of nitrogens with one attached hydrogen (secondary N) is 1. The summed E-state index contributed by atoms with van der Waals surface area (Å²) in [7, 11) is 2.83. The number of amides is 1. The third-order valence-electron chi connectivity index (χ3n) is 3.06. The molecule has 1 N–H and O–H groups in total. The van der Waals surface area contributed by atoms with Crippen LogP contribution < -0.4 is 5.32 Å². The third kappa shape index (κ3) is 2.90. The smallest absolute Gasteiger partial charge is 0.384 e. The van der Waals surface area contributed by atoms with Crippen LogP contribution in [0.2, 0.25) is 0 Å². The zero-order chi connectivity index (χ0) is 13.1. The van der Waals surface area contributed by atoms with Gasteiger partial charge in [-0.1, -0.05) is 0 Å². The number of hydrogen-bond donors (Lipinski definition) is 1. The van der Waals surface area contributed by atoms with Crippen LogP contribution >= 0.6 is 0 Å². The third-order valence-corrected chi connectivity index (χ3v) is 3.06. The normalized spacial score (nSPS) is 25.4. The first-order valence-corrected chi connectivity index (χ1v) is 5.34. The molecule has 1 aliphatic rings. The van der Waals surface area contributed by atoms with Crippen LogP contribution in [0.4, 0.5) is 13.2 Å². The number of ether oxygens (including phenoxy) is 1. The average molecular weight is 254 g/mol. The summed E-state index contributed by atoms with van der Waals surface area (Å²) in [5, 5.41) is 2.64. The van der Waals surface area contributed by atoms with Gasteiger partial charge in [-0.05, 0) is 13.5 Å². The molecule has 1 heterocycles. The van der Waals surface area contributed by atoms with Crippen molar-refractivity contribution < 1.29 is 22.7 Å². The van der Waals surface area contributed by atoms with Crippen molar-refractivity contribution in [3.8, 4) is 0 Å². The molecule has 1 aliphatic heterocycles. The maximum atomic E-state index is 13.0. The van der Waals surface area contributed by atoms with Crippen molar-refractivity contribution in [3.05, 3.63) is 0 Å². The summed E-state index contributed by atoms with van der Waals surface area (Å²) in [5.41, 5.74) is -1.91. The monoisotopic (exact) mass is 254 g/mol. The summed E-state index contributed by atoms with van der Waals surface area (Å²) < 4.78 is 43.6. The number of likely N-dealkylation sites (N-methyl/N-ethyl adjacent to an activating group) is 1. The Bertz CT molecular complexity index is 283. The maximum absolute atomic E-state index is 13.0. The molecule has 1 unspecified atom stereocenters. The Hall–Kier alpha value is -0.820. The second-order valence-corrected chi connectivity index (χ2v) is 4.31. The second-order valence-electron chi connectivity index (χ2n) is 4.31. The van der Waals surface area contributed by atoms with E-state index >= 15 is 0 Å². The number of likely N-dealkylation sites (tertiary alicyclic amines) is 1. The Balaban J connectivity index is 2.75. The van der Waals surface area contributed by atoms with E-state index in [0.29, 0.717) is 0 Å². The fraction of sp³-hybridized carbons (Fsp3) is 0.900.